The number of fused-ring (bicyclic) bond motifs is 10. The lowest BCUT2D eigenvalue weighted by Crippen LogP contribution is -2.59. The zero-order chi connectivity index (χ0) is 56.6. The molecule has 0 spiro atoms. The summed E-state index contributed by atoms with van der Waals surface area (Å²) in [6.07, 6.45) is 0. The van der Waals surface area contributed by atoms with Crippen LogP contribution in [0.15, 0.2) is 261 Å². The molecule has 0 radical (unpaired) electrons. The van der Waals surface area contributed by atoms with Crippen LogP contribution in [0.25, 0.3) is 104 Å². The third-order valence-electron chi connectivity index (χ3n) is 18.1. The highest BCUT2D eigenvalue weighted by Gasteiger charge is 2.44. The summed E-state index contributed by atoms with van der Waals surface area (Å²) in [6.45, 7) is 13.8. The van der Waals surface area contributed by atoms with Crippen molar-refractivity contribution in [2.45, 2.75) is 52.4 Å². The lowest BCUT2D eigenvalue weighted by atomic mass is 9.34. The normalized spacial score (nSPS) is 12.9. The average molecular weight is 1080 g/mol. The molecular formula is C80H61BN2O. The topological polar surface area (TPSA) is 17.4 Å². The van der Waals surface area contributed by atoms with Gasteiger partial charge in [0.15, 0.2) is 0 Å². The van der Waals surface area contributed by atoms with Gasteiger partial charge in [0.05, 0.1) is 16.7 Å². The van der Waals surface area contributed by atoms with Gasteiger partial charge in [0.25, 0.3) is 6.71 Å². The number of hydrogen-bond donors (Lipinski definition) is 0. The largest absolute Gasteiger partial charge is 0.458 e. The molecule has 0 bridgehead atoms. The van der Waals surface area contributed by atoms with E-state index < -0.39 is 0 Å². The van der Waals surface area contributed by atoms with E-state index in [1.54, 1.807) is 0 Å². The fraction of sp³-hybridized carbons (Fsp3) is 0.100. The van der Waals surface area contributed by atoms with Crippen LogP contribution in [-0.4, -0.2) is 11.3 Å². The van der Waals surface area contributed by atoms with Crippen molar-refractivity contribution in [1.29, 1.82) is 0 Å². The minimum Gasteiger partial charge on any atom is -0.458 e. The van der Waals surface area contributed by atoms with Gasteiger partial charge in [-0.2, -0.15) is 0 Å². The molecule has 400 valence electrons. The molecule has 0 unspecified atom stereocenters. The molecule has 2 aliphatic heterocycles. The van der Waals surface area contributed by atoms with Crippen LogP contribution >= 0.6 is 0 Å². The third-order valence-corrected chi connectivity index (χ3v) is 18.1. The summed E-state index contributed by atoms with van der Waals surface area (Å²) in [5, 5.41) is 9.85. The van der Waals surface area contributed by atoms with Crippen molar-refractivity contribution in [3.8, 4) is 61.7 Å². The summed E-state index contributed by atoms with van der Waals surface area (Å²) in [6, 6.07) is 97.6. The summed E-state index contributed by atoms with van der Waals surface area (Å²) in [4.78, 5) is 2.65. The molecule has 0 N–H and O–H groups in total. The van der Waals surface area contributed by atoms with Gasteiger partial charge >= 0.3 is 0 Å². The number of ether oxygens (including phenoxy) is 1. The van der Waals surface area contributed by atoms with E-state index in [0.29, 0.717) is 0 Å². The maximum atomic E-state index is 7.54. The van der Waals surface area contributed by atoms with E-state index in [9.17, 15) is 0 Å². The molecule has 4 heteroatoms. The second-order valence-electron chi connectivity index (χ2n) is 25.2. The maximum absolute atomic E-state index is 7.54. The van der Waals surface area contributed by atoms with Gasteiger partial charge in [0.1, 0.15) is 11.5 Å². The van der Waals surface area contributed by atoms with E-state index in [4.69, 9.17) is 4.74 Å². The van der Waals surface area contributed by atoms with Crippen LogP contribution in [-0.2, 0) is 10.8 Å². The summed E-state index contributed by atoms with van der Waals surface area (Å²) >= 11 is 0. The first kappa shape index (κ1) is 49.9. The van der Waals surface area contributed by atoms with E-state index in [-0.39, 0.29) is 17.5 Å². The van der Waals surface area contributed by atoms with Gasteiger partial charge in [-0.1, -0.05) is 248 Å². The van der Waals surface area contributed by atoms with Crippen molar-refractivity contribution in [3.63, 3.8) is 0 Å². The van der Waals surface area contributed by atoms with Gasteiger partial charge in [0, 0.05) is 45.0 Å². The number of para-hydroxylation sites is 2. The Bertz CT molecular complexity index is 4840. The Morgan fingerprint density at radius 1 is 0.345 bits per heavy atom. The van der Waals surface area contributed by atoms with E-state index in [1.165, 1.54) is 104 Å². The van der Waals surface area contributed by atoms with Crippen LogP contribution in [0.4, 0.5) is 17.1 Å². The van der Waals surface area contributed by atoms with E-state index in [1.807, 2.05) is 0 Å². The van der Waals surface area contributed by atoms with Gasteiger partial charge in [-0.15, -0.1) is 0 Å². The number of benzene rings is 13. The Morgan fingerprint density at radius 3 is 1.44 bits per heavy atom. The van der Waals surface area contributed by atoms with E-state index in [0.717, 1.165) is 56.4 Å². The van der Waals surface area contributed by atoms with E-state index in [2.05, 4.69) is 312 Å². The molecule has 3 heterocycles. The van der Waals surface area contributed by atoms with Crippen molar-refractivity contribution in [3.05, 3.63) is 272 Å². The van der Waals surface area contributed by atoms with Crippen LogP contribution in [0.3, 0.4) is 0 Å². The lowest BCUT2D eigenvalue weighted by Gasteiger charge is -2.43. The SMILES string of the molecule is CC(C)(C)c1cc(-c2ccccc2)c(N2c3cc(-c4c5ccccc5c(-c5cccc6ccccc56)c5ccccc45)ccc3B3c4ccc(-n5c6ccccc6c6ccccc65)cc4Oc4cc(C(C)(C)C)cc2c43)c(-c2ccccc2)c1. The zero-order valence-electron chi connectivity index (χ0n) is 48.2. The maximum Gasteiger partial charge on any atom is 0.256 e. The molecule has 3 nitrogen and oxygen atoms in total. The second kappa shape index (κ2) is 18.8. The van der Waals surface area contributed by atoms with Crippen molar-refractivity contribution in [1.82, 2.24) is 4.57 Å². The smallest absolute Gasteiger partial charge is 0.256 e. The van der Waals surface area contributed by atoms with Gasteiger partial charge in [-0.25, -0.2) is 0 Å². The Balaban J connectivity index is 1.02. The fourth-order valence-corrected chi connectivity index (χ4v) is 14.1. The Kier molecular flexibility index (Phi) is 11.2. The van der Waals surface area contributed by atoms with Gasteiger partial charge in [-0.05, 0) is 153 Å². The molecule has 0 saturated carbocycles. The summed E-state index contributed by atoms with van der Waals surface area (Å²) < 4.78 is 9.94. The van der Waals surface area contributed by atoms with Gasteiger partial charge in [0.2, 0.25) is 0 Å². The number of hydrogen-bond acceptors (Lipinski definition) is 2. The molecule has 0 saturated heterocycles. The number of nitrogens with zero attached hydrogens (tertiary/aromatic N) is 2. The minimum atomic E-state index is -0.229. The Hall–Kier alpha value is -9.90. The van der Waals surface area contributed by atoms with Gasteiger partial charge < -0.3 is 14.2 Å². The standard InChI is InChI=1S/C80H61BN2O/c1-79(2,3)54-45-65(51-24-9-7-10-25-51)78(66(46-54)52-26-11-8-12-27-52)83-71-44-53(75-61-33-15-17-35-63(61)76(64-36-18-16-34-62(64)75)60-37-23-29-50-28-13-14-30-57(50)60)40-42-67(71)81-68-43-41-56(82-69-38-21-19-31-58(69)59-32-20-22-39-70(59)82)49-73(68)84-74-48-55(80(4,5)6)47-72(83)77(74)81/h7-49H,1-6H3. The first-order chi connectivity index (χ1) is 41.0. The average Bonchev–Trinajstić information content (AvgIpc) is 0.967. The third kappa shape index (κ3) is 7.73. The molecule has 0 amide bonds. The first-order valence-corrected chi connectivity index (χ1v) is 29.6. The van der Waals surface area contributed by atoms with Crippen molar-refractivity contribution in [2.75, 3.05) is 4.90 Å². The van der Waals surface area contributed by atoms with Crippen LogP contribution < -0.4 is 26.0 Å². The van der Waals surface area contributed by atoms with Crippen LogP contribution in [0.5, 0.6) is 11.5 Å². The fourth-order valence-electron chi connectivity index (χ4n) is 14.1. The highest BCUT2D eigenvalue weighted by atomic mass is 16.5. The molecule has 84 heavy (non-hydrogen) atoms. The number of rotatable bonds is 6. The Morgan fingerprint density at radius 2 is 0.845 bits per heavy atom. The van der Waals surface area contributed by atoms with Crippen LogP contribution in [0.2, 0.25) is 0 Å². The summed E-state index contributed by atoms with van der Waals surface area (Å²) in [7, 11) is 0. The second-order valence-corrected chi connectivity index (χ2v) is 25.2. The molecule has 16 rings (SSSR count). The monoisotopic (exact) mass is 1080 g/mol. The highest BCUT2D eigenvalue weighted by molar-refractivity contribution is 6.99. The van der Waals surface area contributed by atoms with Crippen LogP contribution in [0.1, 0.15) is 52.7 Å². The molecular weight excluding hydrogens is 1020 g/mol. The highest BCUT2D eigenvalue weighted by Crippen LogP contribution is 2.53. The molecule has 13 aromatic carbocycles. The predicted octanol–water partition coefficient (Wildman–Crippen LogP) is 19.9. The number of aromatic nitrogens is 1. The number of anilines is 3. The van der Waals surface area contributed by atoms with Crippen molar-refractivity contribution >= 4 is 94.3 Å². The molecule has 14 aromatic rings. The summed E-state index contributed by atoms with van der Waals surface area (Å²) in [5.41, 5.74) is 22.0. The Labute approximate surface area is 491 Å². The molecule has 0 fully saturated rings. The van der Waals surface area contributed by atoms with E-state index >= 15 is 0 Å². The quantitative estimate of drug-likeness (QED) is 0.122. The van der Waals surface area contributed by atoms with Crippen molar-refractivity contribution in [2.24, 2.45) is 0 Å². The van der Waals surface area contributed by atoms with Gasteiger partial charge in [-0.3, -0.25) is 0 Å². The van der Waals surface area contributed by atoms with Crippen molar-refractivity contribution < 1.29 is 4.74 Å². The van der Waals surface area contributed by atoms with Crippen LogP contribution in [0, 0.1) is 0 Å². The minimum absolute atomic E-state index is 0.148. The first-order valence-electron chi connectivity index (χ1n) is 29.6. The predicted molar refractivity (Wildman–Crippen MR) is 358 cm³/mol. The lowest BCUT2D eigenvalue weighted by molar-refractivity contribution is 0.483. The molecule has 1 aromatic heterocycles. The zero-order valence-corrected chi connectivity index (χ0v) is 48.2. The molecule has 0 atom stereocenters. The summed E-state index contributed by atoms with van der Waals surface area (Å²) in [5.74, 6) is 1.77. The molecule has 0 aliphatic carbocycles. The molecule has 2 aliphatic rings.